The van der Waals surface area contributed by atoms with Crippen LogP contribution in [0.3, 0.4) is 0 Å². The molecule has 0 aliphatic carbocycles. The lowest BCUT2D eigenvalue weighted by molar-refractivity contribution is 0.383. The summed E-state index contributed by atoms with van der Waals surface area (Å²) in [5, 5.41) is 6.40. The summed E-state index contributed by atoms with van der Waals surface area (Å²) < 4.78 is 49.8. The van der Waals surface area contributed by atoms with Gasteiger partial charge in [0.15, 0.2) is 17.5 Å². The van der Waals surface area contributed by atoms with E-state index in [1.807, 2.05) is 0 Å². The number of hydrogen-bond donors (Lipinski definition) is 1. The maximum absolute atomic E-state index is 13.6. The first-order valence-corrected chi connectivity index (χ1v) is 6.93. The molecule has 3 aromatic rings. The quantitative estimate of drug-likeness (QED) is 0.719. The van der Waals surface area contributed by atoms with Crippen molar-refractivity contribution < 1.29 is 22.4 Å². The van der Waals surface area contributed by atoms with E-state index in [0.717, 1.165) is 12.1 Å². The molecule has 2 aromatic carbocycles. The number of halogens is 3. The molecule has 124 valence electrons. The molecule has 0 saturated heterocycles. The molecule has 8 heteroatoms. The third-order valence-corrected chi connectivity index (χ3v) is 3.26. The van der Waals surface area contributed by atoms with Crippen molar-refractivity contribution in [1.82, 2.24) is 10.1 Å². The summed E-state index contributed by atoms with van der Waals surface area (Å²) in [6, 6.07) is 8.98. The van der Waals surface area contributed by atoms with Crippen molar-refractivity contribution >= 4 is 5.69 Å². The van der Waals surface area contributed by atoms with Crippen LogP contribution in [-0.2, 0) is 6.54 Å². The Bertz CT molecular complexity index is 868. The molecule has 0 bridgehead atoms. The van der Waals surface area contributed by atoms with Crippen molar-refractivity contribution in [1.29, 1.82) is 0 Å². The smallest absolute Gasteiger partial charge is 0.246 e. The van der Waals surface area contributed by atoms with E-state index >= 15 is 0 Å². The van der Waals surface area contributed by atoms with E-state index in [1.54, 1.807) is 31.4 Å². The van der Waals surface area contributed by atoms with Gasteiger partial charge >= 0.3 is 0 Å². The third-order valence-electron chi connectivity index (χ3n) is 3.26. The lowest BCUT2D eigenvalue weighted by Crippen LogP contribution is -2.04. The van der Waals surface area contributed by atoms with Crippen molar-refractivity contribution in [2.24, 2.45) is 0 Å². The molecule has 0 spiro atoms. The summed E-state index contributed by atoms with van der Waals surface area (Å²) in [4.78, 5) is 4.15. The van der Waals surface area contributed by atoms with Gasteiger partial charge in [-0.15, -0.1) is 0 Å². The van der Waals surface area contributed by atoms with Crippen LogP contribution < -0.4 is 10.1 Å². The van der Waals surface area contributed by atoms with Gasteiger partial charge in [0.2, 0.25) is 11.7 Å². The summed E-state index contributed by atoms with van der Waals surface area (Å²) in [6.07, 6.45) is 0. The van der Waals surface area contributed by atoms with Gasteiger partial charge in [0.1, 0.15) is 5.75 Å². The van der Waals surface area contributed by atoms with Crippen LogP contribution in [0.4, 0.5) is 18.9 Å². The second kappa shape index (κ2) is 6.61. The zero-order chi connectivity index (χ0) is 17.1. The molecule has 5 nitrogen and oxygen atoms in total. The van der Waals surface area contributed by atoms with Crippen molar-refractivity contribution in [2.75, 3.05) is 12.4 Å². The van der Waals surface area contributed by atoms with Crippen molar-refractivity contribution in [3.05, 3.63) is 59.7 Å². The second-order valence-corrected chi connectivity index (χ2v) is 4.82. The molecule has 24 heavy (non-hydrogen) atoms. The highest BCUT2D eigenvalue weighted by atomic mass is 19.2. The van der Waals surface area contributed by atoms with Crippen LogP contribution in [0, 0.1) is 17.5 Å². The molecule has 0 aliphatic rings. The number of rotatable bonds is 5. The summed E-state index contributed by atoms with van der Waals surface area (Å²) in [5.41, 5.74) is 0.485. The summed E-state index contributed by atoms with van der Waals surface area (Å²) >= 11 is 0. The van der Waals surface area contributed by atoms with Gasteiger partial charge in [0, 0.05) is 5.56 Å². The number of hydrogen-bond acceptors (Lipinski definition) is 5. The molecule has 1 N–H and O–H groups in total. The molecule has 0 radical (unpaired) electrons. The highest BCUT2D eigenvalue weighted by Gasteiger charge is 2.14. The van der Waals surface area contributed by atoms with E-state index in [-0.39, 0.29) is 18.1 Å². The first kappa shape index (κ1) is 15.9. The van der Waals surface area contributed by atoms with Crippen LogP contribution in [-0.4, -0.2) is 17.3 Å². The van der Waals surface area contributed by atoms with E-state index in [1.165, 1.54) is 0 Å². The maximum Gasteiger partial charge on any atom is 0.246 e. The fourth-order valence-corrected chi connectivity index (χ4v) is 2.04. The predicted octanol–water partition coefficient (Wildman–Crippen LogP) is 3.77. The zero-order valence-corrected chi connectivity index (χ0v) is 12.5. The van der Waals surface area contributed by atoms with E-state index < -0.39 is 17.5 Å². The predicted molar refractivity (Wildman–Crippen MR) is 79.9 cm³/mol. The Kier molecular flexibility index (Phi) is 4.37. The Morgan fingerprint density at radius 2 is 1.96 bits per heavy atom. The fourth-order valence-electron chi connectivity index (χ4n) is 2.04. The number of anilines is 1. The minimum atomic E-state index is -1.54. The van der Waals surface area contributed by atoms with E-state index in [2.05, 4.69) is 15.5 Å². The molecule has 3 rings (SSSR count). The van der Waals surface area contributed by atoms with Gasteiger partial charge in [-0.05, 0) is 24.3 Å². The molecule has 0 unspecified atom stereocenters. The van der Waals surface area contributed by atoms with E-state index in [0.29, 0.717) is 17.1 Å². The van der Waals surface area contributed by atoms with Crippen LogP contribution in [0.2, 0.25) is 0 Å². The van der Waals surface area contributed by atoms with Gasteiger partial charge in [-0.1, -0.05) is 17.3 Å². The largest absolute Gasteiger partial charge is 0.497 e. The summed E-state index contributed by atoms with van der Waals surface area (Å²) in [6.45, 7) is -0.0427. The second-order valence-electron chi connectivity index (χ2n) is 4.82. The van der Waals surface area contributed by atoms with Crippen LogP contribution in [0.15, 0.2) is 40.9 Å². The van der Waals surface area contributed by atoms with E-state index in [4.69, 9.17) is 9.26 Å². The van der Waals surface area contributed by atoms with Crippen molar-refractivity contribution in [3.63, 3.8) is 0 Å². The molecule has 0 amide bonds. The van der Waals surface area contributed by atoms with Crippen molar-refractivity contribution in [3.8, 4) is 17.1 Å². The summed E-state index contributed by atoms with van der Waals surface area (Å²) in [7, 11) is 1.54. The number of aromatic nitrogens is 2. The molecule has 0 aliphatic heterocycles. The number of nitrogens with one attached hydrogen (secondary N) is 1. The molecule has 0 saturated carbocycles. The Hall–Kier alpha value is -3.03. The van der Waals surface area contributed by atoms with Gasteiger partial charge in [-0.2, -0.15) is 4.98 Å². The highest BCUT2D eigenvalue weighted by molar-refractivity contribution is 5.56. The Labute approximate surface area is 135 Å². The Morgan fingerprint density at radius 1 is 1.12 bits per heavy atom. The highest BCUT2D eigenvalue weighted by Crippen LogP contribution is 2.22. The third kappa shape index (κ3) is 3.17. The zero-order valence-electron chi connectivity index (χ0n) is 12.5. The minimum Gasteiger partial charge on any atom is -0.497 e. The van der Waals surface area contributed by atoms with Crippen LogP contribution in [0.25, 0.3) is 11.4 Å². The van der Waals surface area contributed by atoms with Crippen LogP contribution >= 0.6 is 0 Å². The van der Waals surface area contributed by atoms with E-state index in [9.17, 15) is 13.2 Å². The van der Waals surface area contributed by atoms with Gasteiger partial charge in [0.05, 0.1) is 19.3 Å². The SMILES string of the molecule is COc1cccc(-c2noc(CNc3ccc(F)c(F)c3F)n2)c1. The number of methoxy groups -OCH3 is 1. The van der Waals surface area contributed by atoms with Gasteiger partial charge in [-0.3, -0.25) is 0 Å². The normalized spacial score (nSPS) is 10.7. The Balaban J connectivity index is 1.74. The fraction of sp³-hybridized carbons (Fsp3) is 0.125. The molecule has 1 heterocycles. The van der Waals surface area contributed by atoms with Crippen molar-refractivity contribution in [2.45, 2.75) is 6.54 Å². The lowest BCUT2D eigenvalue weighted by Gasteiger charge is -2.05. The molecular weight excluding hydrogens is 323 g/mol. The Morgan fingerprint density at radius 3 is 2.75 bits per heavy atom. The maximum atomic E-state index is 13.6. The lowest BCUT2D eigenvalue weighted by atomic mass is 10.2. The molecular formula is C16H12F3N3O2. The minimum absolute atomic E-state index is 0.0427. The van der Waals surface area contributed by atoms with Gasteiger partial charge in [0.25, 0.3) is 0 Å². The number of nitrogens with zero attached hydrogens (tertiary/aromatic N) is 2. The van der Waals surface area contributed by atoms with Gasteiger partial charge in [-0.25, -0.2) is 13.2 Å². The first-order valence-electron chi connectivity index (χ1n) is 6.93. The van der Waals surface area contributed by atoms with Crippen LogP contribution in [0.1, 0.15) is 5.89 Å². The first-order chi connectivity index (χ1) is 11.6. The average Bonchev–Trinajstić information content (AvgIpc) is 3.08. The average molecular weight is 335 g/mol. The summed E-state index contributed by atoms with van der Waals surface area (Å²) in [5.74, 6) is -2.96. The molecule has 1 aromatic heterocycles. The van der Waals surface area contributed by atoms with Gasteiger partial charge < -0.3 is 14.6 Å². The van der Waals surface area contributed by atoms with Crippen LogP contribution in [0.5, 0.6) is 5.75 Å². The molecule has 0 atom stereocenters. The number of benzene rings is 2. The standard InChI is InChI=1S/C16H12F3N3O2/c1-23-10-4-2-3-9(7-10)16-21-13(24-22-16)8-20-12-6-5-11(17)14(18)15(12)19/h2-7,20H,8H2,1H3. The topological polar surface area (TPSA) is 60.2 Å². The number of ether oxygens (including phenoxy) is 1. The monoisotopic (exact) mass is 335 g/mol. The molecule has 0 fully saturated rings.